The Morgan fingerprint density at radius 3 is 3.05 bits per heavy atom. The van der Waals surface area contributed by atoms with Gasteiger partial charge in [0.15, 0.2) is 4.87 Å². The van der Waals surface area contributed by atoms with Crippen molar-refractivity contribution in [3.63, 3.8) is 0 Å². The van der Waals surface area contributed by atoms with Crippen molar-refractivity contribution < 1.29 is 9.90 Å². The molecule has 4 rings (SSSR count). The molecule has 4 nitrogen and oxygen atoms in total. The van der Waals surface area contributed by atoms with Gasteiger partial charge in [0.25, 0.3) is 5.91 Å². The number of aryl methyl sites for hydroxylation is 1. The van der Waals surface area contributed by atoms with Gasteiger partial charge < -0.3 is 10.0 Å². The number of aliphatic hydroxyl groups excluding tert-OH is 1. The molecule has 1 amide bonds. The molecule has 112 valence electrons. The first kappa shape index (κ1) is 13.8. The topological polar surface area (TPSA) is 53.4 Å². The van der Waals surface area contributed by atoms with Gasteiger partial charge in [0, 0.05) is 11.9 Å². The Bertz CT molecular complexity index is 764. The number of aromatic nitrogens is 1. The molecule has 1 N–H and O–H groups in total. The van der Waals surface area contributed by atoms with Crippen LogP contribution in [0.2, 0.25) is 0 Å². The van der Waals surface area contributed by atoms with E-state index in [1.807, 2.05) is 36.1 Å². The molecular formula is C17H16N2O2S. The summed E-state index contributed by atoms with van der Waals surface area (Å²) in [5.41, 5.74) is 3.65. The number of carbonyl (C=O) groups is 1. The highest BCUT2D eigenvalue weighted by molar-refractivity contribution is 8.00. The predicted molar refractivity (Wildman–Crippen MR) is 85.7 cm³/mol. The van der Waals surface area contributed by atoms with Crippen molar-refractivity contribution in [3.05, 3.63) is 65.0 Å². The van der Waals surface area contributed by atoms with Crippen LogP contribution in [0, 0.1) is 6.92 Å². The molecule has 2 atom stereocenters. The fraction of sp³-hybridized carbons (Fsp3) is 0.294. The Morgan fingerprint density at radius 2 is 2.27 bits per heavy atom. The predicted octanol–water partition coefficient (Wildman–Crippen LogP) is 2.15. The van der Waals surface area contributed by atoms with E-state index >= 15 is 0 Å². The van der Waals surface area contributed by atoms with E-state index in [1.54, 1.807) is 24.0 Å². The third kappa shape index (κ3) is 1.63. The summed E-state index contributed by atoms with van der Waals surface area (Å²) < 4.78 is 0. The van der Waals surface area contributed by atoms with Gasteiger partial charge in [-0.05, 0) is 24.6 Å². The van der Waals surface area contributed by atoms with Crippen LogP contribution in [0.4, 0.5) is 0 Å². The lowest BCUT2D eigenvalue weighted by molar-refractivity contribution is 0.0595. The lowest BCUT2D eigenvalue weighted by Gasteiger charge is -2.34. The second kappa shape index (κ2) is 4.83. The summed E-state index contributed by atoms with van der Waals surface area (Å²) >= 11 is 1.68. The first-order valence-corrected chi connectivity index (χ1v) is 8.28. The molecule has 22 heavy (non-hydrogen) atoms. The third-order valence-corrected chi connectivity index (χ3v) is 5.98. The zero-order valence-corrected chi connectivity index (χ0v) is 13.0. The molecule has 0 spiro atoms. The van der Waals surface area contributed by atoms with Gasteiger partial charge >= 0.3 is 0 Å². The number of benzene rings is 1. The summed E-state index contributed by atoms with van der Waals surface area (Å²) in [6.45, 7) is 2.02. The van der Waals surface area contributed by atoms with Gasteiger partial charge in [-0.3, -0.25) is 9.78 Å². The van der Waals surface area contributed by atoms with Crippen molar-refractivity contribution in [2.45, 2.75) is 17.8 Å². The van der Waals surface area contributed by atoms with Crippen molar-refractivity contribution in [2.75, 3.05) is 12.4 Å². The van der Waals surface area contributed by atoms with Gasteiger partial charge in [0.2, 0.25) is 0 Å². The lowest BCUT2D eigenvalue weighted by Crippen LogP contribution is -2.45. The van der Waals surface area contributed by atoms with Crippen LogP contribution < -0.4 is 0 Å². The second-order valence-corrected chi connectivity index (χ2v) is 6.95. The molecule has 0 aliphatic carbocycles. The number of fused-ring (bicyclic) bond motifs is 3. The molecule has 1 saturated heterocycles. The van der Waals surface area contributed by atoms with Gasteiger partial charge in [0.05, 0.1) is 23.9 Å². The fourth-order valence-electron chi connectivity index (χ4n) is 3.44. The van der Waals surface area contributed by atoms with Gasteiger partial charge in [-0.25, -0.2) is 0 Å². The largest absolute Gasteiger partial charge is 0.394 e. The number of carbonyl (C=O) groups excluding carboxylic acids is 1. The monoisotopic (exact) mass is 312 g/mol. The standard InChI is InChI=1S/C17H16N2O2S/c1-11-4-2-5-12(8-11)17-15-14(6-3-7-18-15)16(21)19(17)13(9-20)10-22-17/h2-8,13,20H,9-10H2,1H3. The second-order valence-electron chi connectivity index (χ2n) is 5.74. The van der Waals surface area contributed by atoms with Crippen molar-refractivity contribution in [2.24, 2.45) is 0 Å². The highest BCUT2D eigenvalue weighted by Crippen LogP contribution is 2.56. The van der Waals surface area contributed by atoms with E-state index in [0.29, 0.717) is 11.3 Å². The quantitative estimate of drug-likeness (QED) is 0.923. The molecule has 0 saturated carbocycles. The van der Waals surface area contributed by atoms with Crippen LogP contribution in [0.25, 0.3) is 0 Å². The highest BCUT2D eigenvalue weighted by Gasteiger charge is 2.59. The van der Waals surface area contributed by atoms with Crippen molar-refractivity contribution in [1.29, 1.82) is 0 Å². The van der Waals surface area contributed by atoms with Crippen LogP contribution in [0.5, 0.6) is 0 Å². The number of thioether (sulfide) groups is 1. The smallest absolute Gasteiger partial charge is 0.257 e. The maximum Gasteiger partial charge on any atom is 0.257 e. The minimum Gasteiger partial charge on any atom is -0.394 e. The molecule has 3 heterocycles. The van der Waals surface area contributed by atoms with E-state index in [2.05, 4.69) is 11.1 Å². The maximum absolute atomic E-state index is 12.9. The van der Waals surface area contributed by atoms with Crippen LogP contribution >= 0.6 is 11.8 Å². The van der Waals surface area contributed by atoms with Crippen LogP contribution in [0.15, 0.2) is 42.6 Å². The van der Waals surface area contributed by atoms with E-state index in [1.165, 1.54) is 0 Å². The average molecular weight is 312 g/mol. The minimum atomic E-state index is -0.604. The SMILES string of the molecule is Cc1cccc(C23SCC(CO)N2C(=O)c2cccnc23)c1. The maximum atomic E-state index is 12.9. The number of hydrogen-bond donors (Lipinski definition) is 1. The first-order valence-electron chi connectivity index (χ1n) is 7.29. The van der Waals surface area contributed by atoms with Crippen molar-refractivity contribution >= 4 is 17.7 Å². The van der Waals surface area contributed by atoms with E-state index < -0.39 is 4.87 Å². The molecule has 2 unspecified atom stereocenters. The van der Waals surface area contributed by atoms with Crippen molar-refractivity contribution in [1.82, 2.24) is 9.88 Å². The number of pyridine rings is 1. The average Bonchev–Trinajstić information content (AvgIpc) is 3.04. The third-order valence-electron chi connectivity index (χ3n) is 4.39. The summed E-state index contributed by atoms with van der Waals surface area (Å²) in [4.78, 5) is 18.6. The lowest BCUT2D eigenvalue weighted by atomic mass is 9.99. The van der Waals surface area contributed by atoms with Gasteiger partial charge in [-0.1, -0.05) is 29.8 Å². The summed E-state index contributed by atoms with van der Waals surface area (Å²) in [6.07, 6.45) is 1.74. The zero-order valence-electron chi connectivity index (χ0n) is 12.2. The summed E-state index contributed by atoms with van der Waals surface area (Å²) in [7, 11) is 0. The first-order chi connectivity index (χ1) is 10.7. The summed E-state index contributed by atoms with van der Waals surface area (Å²) in [5.74, 6) is 0.681. The molecule has 1 aromatic heterocycles. The van der Waals surface area contributed by atoms with Crippen molar-refractivity contribution in [3.8, 4) is 0 Å². The zero-order chi connectivity index (χ0) is 15.3. The fourth-order valence-corrected chi connectivity index (χ4v) is 5.09. The van der Waals surface area contributed by atoms with Crippen LogP contribution in [0.1, 0.15) is 27.2 Å². The Morgan fingerprint density at radius 1 is 1.41 bits per heavy atom. The molecule has 5 heteroatoms. The molecule has 1 aromatic carbocycles. The van der Waals surface area contributed by atoms with E-state index in [4.69, 9.17) is 0 Å². The normalized spacial score (nSPS) is 26.2. The van der Waals surface area contributed by atoms with Gasteiger partial charge in [0.1, 0.15) is 0 Å². The Labute approximate surface area is 133 Å². The number of amides is 1. The molecule has 2 aliphatic rings. The van der Waals surface area contributed by atoms with E-state index in [0.717, 1.165) is 16.8 Å². The number of aliphatic hydroxyl groups is 1. The molecule has 1 fully saturated rings. The van der Waals surface area contributed by atoms with E-state index in [9.17, 15) is 9.90 Å². The Balaban J connectivity index is 2.00. The molecule has 2 aliphatic heterocycles. The molecule has 2 aromatic rings. The molecular weight excluding hydrogens is 296 g/mol. The highest BCUT2D eigenvalue weighted by atomic mass is 32.2. The van der Waals surface area contributed by atoms with Gasteiger partial charge in [-0.15, -0.1) is 11.8 Å². The molecule has 0 bridgehead atoms. The van der Waals surface area contributed by atoms with Crippen LogP contribution in [-0.2, 0) is 4.87 Å². The van der Waals surface area contributed by atoms with Crippen LogP contribution in [-0.4, -0.2) is 39.3 Å². The Hall–Kier alpha value is -1.85. The molecule has 0 radical (unpaired) electrons. The van der Waals surface area contributed by atoms with Gasteiger partial charge in [-0.2, -0.15) is 0 Å². The number of nitrogens with zero attached hydrogens (tertiary/aromatic N) is 2. The van der Waals surface area contributed by atoms with E-state index in [-0.39, 0.29) is 18.6 Å². The Kier molecular flexibility index (Phi) is 3.03. The minimum absolute atomic E-state index is 0.0275. The number of rotatable bonds is 2. The van der Waals surface area contributed by atoms with Crippen LogP contribution in [0.3, 0.4) is 0 Å². The summed E-state index contributed by atoms with van der Waals surface area (Å²) in [5, 5.41) is 9.70. The summed E-state index contributed by atoms with van der Waals surface area (Å²) in [6, 6.07) is 11.7. The number of hydrogen-bond acceptors (Lipinski definition) is 4.